The van der Waals surface area contributed by atoms with E-state index >= 15 is 0 Å². The Balaban J connectivity index is 6.58. The van der Waals surface area contributed by atoms with Crippen LogP contribution >= 0.6 is 0 Å². The Labute approximate surface area is 356 Å². The highest BCUT2D eigenvalue weighted by Crippen LogP contribution is 2.44. The summed E-state index contributed by atoms with van der Waals surface area (Å²) in [4.78, 5) is 18.5. The summed E-state index contributed by atoms with van der Waals surface area (Å²) in [5.74, 6) is -0.546. The molecule has 0 spiro atoms. The summed E-state index contributed by atoms with van der Waals surface area (Å²) >= 11 is 0. The standard InChI is InChI=1S/C45H95NO8Si3/c1-30(26-27-37(47)29-38(48)34(5)41(35(6)42(49)46(17)51-19)54-57(24,25)45(14,15)16)39(52-55(20,21)43(8,9)10)31(2)28-32(3)40(33(4)36(7)50-18)53-56(22,23)44(11,12)13/h26-27,30-41,47-48H,28-29H2,1-25H3/b27-26-. The molecule has 0 aliphatic carbocycles. The third-order valence-electron chi connectivity index (χ3n) is 14.4. The monoisotopic (exact) mass is 862 g/mol. The van der Waals surface area contributed by atoms with Crippen LogP contribution in [0.3, 0.4) is 0 Å². The van der Waals surface area contributed by atoms with Crippen molar-refractivity contribution in [2.75, 3.05) is 21.3 Å². The maximum absolute atomic E-state index is 13.3. The molecule has 0 aromatic heterocycles. The molecule has 57 heavy (non-hydrogen) atoms. The second-order valence-electron chi connectivity index (χ2n) is 22.3. The zero-order valence-corrected chi connectivity index (χ0v) is 44.8. The maximum Gasteiger partial charge on any atom is 0.251 e. The zero-order valence-electron chi connectivity index (χ0n) is 41.8. The molecule has 12 unspecified atom stereocenters. The Morgan fingerprint density at radius 3 is 1.39 bits per heavy atom. The first-order valence-electron chi connectivity index (χ1n) is 21.8. The quantitative estimate of drug-likeness (QED) is 0.0594. The van der Waals surface area contributed by atoms with Gasteiger partial charge in [-0.1, -0.05) is 116 Å². The third kappa shape index (κ3) is 16.4. The lowest BCUT2D eigenvalue weighted by atomic mass is 9.81. The zero-order chi connectivity index (χ0) is 45.4. The Kier molecular flexibility index (Phi) is 21.9. The van der Waals surface area contributed by atoms with Crippen LogP contribution in [0.5, 0.6) is 0 Å². The van der Waals surface area contributed by atoms with Gasteiger partial charge >= 0.3 is 0 Å². The van der Waals surface area contributed by atoms with Crippen LogP contribution < -0.4 is 0 Å². The average molecular weight is 863 g/mol. The molecule has 0 fully saturated rings. The molecule has 2 N–H and O–H groups in total. The van der Waals surface area contributed by atoms with E-state index in [4.69, 9.17) is 22.9 Å². The molecule has 12 atom stereocenters. The molecular formula is C45H95NO8Si3. The van der Waals surface area contributed by atoms with Gasteiger partial charge in [-0.15, -0.1) is 0 Å². The second kappa shape index (κ2) is 22.1. The van der Waals surface area contributed by atoms with Crippen molar-refractivity contribution in [2.45, 2.75) is 215 Å². The Bertz CT molecular complexity index is 1220. The predicted molar refractivity (Wildman–Crippen MR) is 248 cm³/mol. The van der Waals surface area contributed by atoms with Gasteiger partial charge in [-0.3, -0.25) is 9.63 Å². The van der Waals surface area contributed by atoms with Gasteiger partial charge in [-0.2, -0.15) is 0 Å². The molecule has 0 rings (SSSR count). The molecule has 0 aliphatic rings. The van der Waals surface area contributed by atoms with Gasteiger partial charge in [0.05, 0.1) is 49.7 Å². The smallest absolute Gasteiger partial charge is 0.251 e. The molecule has 0 saturated carbocycles. The lowest BCUT2D eigenvalue weighted by Gasteiger charge is -2.45. The Hall–Kier alpha value is -0.419. The van der Waals surface area contributed by atoms with Crippen LogP contribution in [0.4, 0.5) is 0 Å². The highest BCUT2D eigenvalue weighted by Gasteiger charge is 2.46. The van der Waals surface area contributed by atoms with Crippen molar-refractivity contribution in [1.82, 2.24) is 5.06 Å². The van der Waals surface area contributed by atoms with Crippen molar-refractivity contribution in [3.8, 4) is 0 Å². The number of carbonyl (C=O) groups is 1. The lowest BCUT2D eigenvalue weighted by Crippen LogP contribution is -2.52. The highest BCUT2D eigenvalue weighted by atomic mass is 28.4. The number of hydrogen-bond donors (Lipinski definition) is 2. The number of hydrogen-bond acceptors (Lipinski definition) is 8. The minimum absolute atomic E-state index is 0.00230. The molecule has 0 aliphatic heterocycles. The highest BCUT2D eigenvalue weighted by molar-refractivity contribution is 6.75. The van der Waals surface area contributed by atoms with Gasteiger partial charge in [0.1, 0.15) is 0 Å². The van der Waals surface area contributed by atoms with E-state index in [0.29, 0.717) is 0 Å². The number of ether oxygens (including phenoxy) is 1. The van der Waals surface area contributed by atoms with E-state index in [2.05, 4.69) is 142 Å². The van der Waals surface area contributed by atoms with E-state index in [1.54, 1.807) is 14.2 Å². The third-order valence-corrected chi connectivity index (χ3v) is 27.9. The van der Waals surface area contributed by atoms with E-state index < -0.39 is 55.1 Å². The summed E-state index contributed by atoms with van der Waals surface area (Å²) in [5, 5.41) is 24.3. The first-order valence-corrected chi connectivity index (χ1v) is 30.6. The molecule has 0 aromatic carbocycles. The van der Waals surface area contributed by atoms with Gasteiger partial charge in [0.2, 0.25) is 0 Å². The van der Waals surface area contributed by atoms with Crippen LogP contribution in [0, 0.1) is 35.5 Å². The minimum atomic E-state index is -2.33. The molecule has 0 radical (unpaired) electrons. The van der Waals surface area contributed by atoms with Crippen molar-refractivity contribution in [2.24, 2.45) is 35.5 Å². The molecule has 12 heteroatoms. The molecule has 0 saturated heterocycles. The first kappa shape index (κ1) is 56.6. The minimum Gasteiger partial charge on any atom is -0.413 e. The number of rotatable bonds is 23. The molecule has 340 valence electrons. The van der Waals surface area contributed by atoms with Gasteiger partial charge < -0.3 is 28.2 Å². The van der Waals surface area contributed by atoms with Gasteiger partial charge in [0, 0.05) is 32.4 Å². The molecule has 9 nitrogen and oxygen atoms in total. The van der Waals surface area contributed by atoms with Gasteiger partial charge in [0.15, 0.2) is 25.0 Å². The summed E-state index contributed by atoms with van der Waals surface area (Å²) in [6, 6.07) is 0. The van der Waals surface area contributed by atoms with E-state index in [9.17, 15) is 15.0 Å². The Morgan fingerprint density at radius 2 is 1.00 bits per heavy atom. The van der Waals surface area contributed by atoms with Crippen molar-refractivity contribution < 1.29 is 37.9 Å². The molecule has 0 bridgehead atoms. The Morgan fingerprint density at radius 1 is 0.614 bits per heavy atom. The number of carbonyl (C=O) groups excluding carboxylic acids is 1. The topological polar surface area (TPSA) is 107 Å². The van der Waals surface area contributed by atoms with Crippen molar-refractivity contribution in [3.63, 3.8) is 0 Å². The number of methoxy groups -OCH3 is 1. The lowest BCUT2D eigenvalue weighted by molar-refractivity contribution is -0.177. The molecular weight excluding hydrogens is 767 g/mol. The summed E-state index contributed by atoms with van der Waals surface area (Å²) in [6.45, 7) is 48.8. The van der Waals surface area contributed by atoms with Crippen molar-refractivity contribution >= 4 is 30.9 Å². The van der Waals surface area contributed by atoms with Crippen LogP contribution in [0.2, 0.25) is 54.4 Å². The summed E-state index contributed by atoms with van der Waals surface area (Å²) in [7, 11) is -1.76. The van der Waals surface area contributed by atoms with Gasteiger partial charge in [-0.25, -0.2) is 5.06 Å². The van der Waals surface area contributed by atoms with Crippen molar-refractivity contribution in [3.05, 3.63) is 12.2 Å². The van der Waals surface area contributed by atoms with Crippen LogP contribution in [0.25, 0.3) is 0 Å². The molecule has 0 aromatic rings. The largest absolute Gasteiger partial charge is 0.413 e. The van der Waals surface area contributed by atoms with E-state index in [-0.39, 0.29) is 69.4 Å². The number of nitrogens with zero attached hydrogens (tertiary/aromatic N) is 1. The second-order valence-corrected chi connectivity index (χ2v) is 36.6. The molecule has 1 amide bonds. The fourth-order valence-corrected chi connectivity index (χ4v) is 11.1. The van der Waals surface area contributed by atoms with Gasteiger partial charge in [-0.05, 0) is 85.5 Å². The van der Waals surface area contributed by atoms with Crippen LogP contribution in [0.15, 0.2) is 12.2 Å². The number of aliphatic hydroxyl groups is 2. The first-order chi connectivity index (χ1) is 25.4. The summed E-state index contributed by atoms with van der Waals surface area (Å²) in [6.07, 6.45) is 2.56. The summed E-state index contributed by atoms with van der Waals surface area (Å²) < 4.78 is 27.2. The molecule has 0 heterocycles. The summed E-state index contributed by atoms with van der Waals surface area (Å²) in [5.41, 5.74) is 0. The maximum atomic E-state index is 13.3. The van der Waals surface area contributed by atoms with E-state index in [0.717, 1.165) is 6.42 Å². The van der Waals surface area contributed by atoms with Crippen LogP contribution in [-0.2, 0) is 27.6 Å². The van der Waals surface area contributed by atoms with Crippen molar-refractivity contribution in [1.29, 1.82) is 0 Å². The normalized spacial score (nSPS) is 20.5. The fraction of sp³-hybridized carbons (Fsp3) is 0.933. The number of amides is 1. The fourth-order valence-electron chi connectivity index (χ4n) is 6.73. The number of hydroxylamine groups is 2. The number of aliphatic hydroxyl groups excluding tert-OH is 2. The van der Waals surface area contributed by atoms with Gasteiger partial charge in [0.25, 0.3) is 5.91 Å². The van der Waals surface area contributed by atoms with E-state index in [1.807, 2.05) is 19.9 Å². The predicted octanol–water partition coefficient (Wildman–Crippen LogP) is 11.1. The van der Waals surface area contributed by atoms with Crippen LogP contribution in [0.1, 0.15) is 124 Å². The SMILES string of the molecule is COC(C)C(C)C(O[Si](C)(C)C(C)(C)C)C(C)CC(C)C(O[Si](C)(C)C(C)(C)C)C(C)/C=C\C(O)CC(O)C(C)C(O[Si](C)(C)C(C)(C)C)C(C)C(=O)N(C)OC. The van der Waals surface area contributed by atoms with E-state index in [1.165, 1.54) is 12.2 Å². The van der Waals surface area contributed by atoms with Crippen LogP contribution in [-0.4, -0.2) is 104 Å². The average Bonchev–Trinajstić information content (AvgIpc) is 3.06.